The van der Waals surface area contributed by atoms with Gasteiger partial charge in [0.2, 0.25) is 5.78 Å². The van der Waals surface area contributed by atoms with Gasteiger partial charge in [-0.25, -0.2) is 0 Å². The molecule has 0 aromatic heterocycles. The summed E-state index contributed by atoms with van der Waals surface area (Å²) < 4.78 is 49.7. The van der Waals surface area contributed by atoms with Crippen molar-refractivity contribution in [1.29, 1.82) is 0 Å². The third kappa shape index (κ3) is 4.97. The number of halogens is 3. The average molecular weight is 550 g/mol. The number of hydrogen-bond donors (Lipinski definition) is 1. The number of hydrazone groups is 1. The molecule has 0 radical (unpaired) electrons. The first-order valence-corrected chi connectivity index (χ1v) is 14.1. The van der Waals surface area contributed by atoms with Gasteiger partial charge in [0, 0.05) is 12.0 Å². The number of carbonyl (C=O) groups is 1. The number of benzene rings is 1. The molecule has 180 valence electrons. The largest absolute Gasteiger partial charge is 0.370 e. The molecule has 1 heterocycles. The maximum Gasteiger partial charge on any atom is 0.370 e. The summed E-state index contributed by atoms with van der Waals surface area (Å²) in [6.45, 7) is 6.29. The minimum Gasteiger partial charge on any atom is -0.307 e. The summed E-state index contributed by atoms with van der Waals surface area (Å²) in [6, 6.07) is 2.80. The standard InChI is InChI=1S/C18H25Cl3N2O7P2/c1-5-27-31(25,28-6-2)18(32(26,29-7-3)30-8-4)11-14(22-23-18)17(24)12-9-10-13(19)16(21)15(12)20/h9-10,23H,5-8,11H2,1-4H3. The van der Waals surface area contributed by atoms with Gasteiger partial charge < -0.3 is 18.1 Å². The summed E-state index contributed by atoms with van der Waals surface area (Å²) in [5.41, 5.74) is 2.46. The SMILES string of the molecule is CCOP(=O)(OCC)C1(P(=O)(OCC)OCC)CC(C(=O)c2ccc(Cl)c(Cl)c2Cl)=NN1. The van der Waals surface area contributed by atoms with Gasteiger partial charge in [-0.15, -0.1) is 0 Å². The number of rotatable bonds is 12. The fourth-order valence-corrected chi connectivity index (χ4v) is 9.01. The molecule has 1 aromatic rings. The zero-order valence-electron chi connectivity index (χ0n) is 18.0. The van der Waals surface area contributed by atoms with Crippen molar-refractivity contribution in [2.24, 2.45) is 5.10 Å². The van der Waals surface area contributed by atoms with E-state index < -0.39 is 32.4 Å². The van der Waals surface area contributed by atoms with Crippen LogP contribution in [0.2, 0.25) is 15.1 Å². The third-order valence-electron chi connectivity index (χ3n) is 4.43. The molecule has 0 fully saturated rings. The molecule has 0 amide bonds. The Labute approximate surface area is 202 Å². The number of ketones is 1. The number of Topliss-reactive ketones (excluding diaryl/α,β-unsaturated/α-hetero) is 1. The van der Waals surface area contributed by atoms with Crippen LogP contribution in [-0.4, -0.2) is 42.9 Å². The molecule has 0 saturated carbocycles. The molecule has 32 heavy (non-hydrogen) atoms. The average Bonchev–Trinajstić information content (AvgIpc) is 3.20. The quantitative estimate of drug-likeness (QED) is 0.182. The number of carbonyl (C=O) groups excluding carboxylic acids is 1. The molecule has 0 atom stereocenters. The highest BCUT2D eigenvalue weighted by molar-refractivity contribution is 7.74. The Morgan fingerprint density at radius 2 is 1.41 bits per heavy atom. The first kappa shape index (κ1) is 27.8. The number of hydrogen-bond acceptors (Lipinski definition) is 9. The second-order valence-electron chi connectivity index (χ2n) is 6.38. The lowest BCUT2D eigenvalue weighted by atomic mass is 10.1. The van der Waals surface area contributed by atoms with Gasteiger partial charge in [-0.2, -0.15) is 5.10 Å². The van der Waals surface area contributed by atoms with E-state index in [-0.39, 0.29) is 52.8 Å². The molecular formula is C18H25Cl3N2O7P2. The second kappa shape index (κ2) is 11.3. The van der Waals surface area contributed by atoms with Crippen LogP contribution in [0.15, 0.2) is 17.2 Å². The molecule has 1 aliphatic heterocycles. The number of nitrogens with zero attached hydrogens (tertiary/aromatic N) is 1. The second-order valence-corrected chi connectivity index (χ2v) is 12.4. The topological polar surface area (TPSA) is 113 Å². The highest BCUT2D eigenvalue weighted by Crippen LogP contribution is 2.78. The smallest absolute Gasteiger partial charge is 0.307 e. The Balaban J connectivity index is 2.60. The van der Waals surface area contributed by atoms with Gasteiger partial charge in [-0.3, -0.25) is 19.4 Å². The van der Waals surface area contributed by atoms with E-state index in [0.717, 1.165) is 0 Å². The minimum atomic E-state index is -4.25. The van der Waals surface area contributed by atoms with Crippen LogP contribution >= 0.6 is 50.0 Å². The lowest BCUT2D eigenvalue weighted by molar-refractivity contribution is 0.106. The molecule has 0 aliphatic carbocycles. The lowest BCUT2D eigenvalue weighted by Crippen LogP contribution is -2.42. The Kier molecular flexibility index (Phi) is 9.81. The van der Waals surface area contributed by atoms with Gasteiger partial charge in [-0.05, 0) is 39.8 Å². The molecule has 0 bridgehead atoms. The van der Waals surface area contributed by atoms with Gasteiger partial charge in [0.15, 0.2) is 0 Å². The van der Waals surface area contributed by atoms with Crippen molar-refractivity contribution in [3.8, 4) is 0 Å². The molecule has 0 spiro atoms. The summed E-state index contributed by atoms with van der Waals surface area (Å²) in [5.74, 6) is -0.637. The molecule has 1 aliphatic rings. The van der Waals surface area contributed by atoms with Crippen molar-refractivity contribution in [1.82, 2.24) is 5.43 Å². The van der Waals surface area contributed by atoms with Crippen molar-refractivity contribution >= 4 is 61.5 Å². The van der Waals surface area contributed by atoms with Gasteiger partial charge in [0.05, 0.1) is 41.5 Å². The van der Waals surface area contributed by atoms with Crippen LogP contribution in [0.4, 0.5) is 0 Å². The molecule has 2 rings (SSSR count). The van der Waals surface area contributed by atoms with Crippen LogP contribution in [0.3, 0.4) is 0 Å². The maximum atomic E-state index is 13.9. The van der Waals surface area contributed by atoms with E-state index in [1.807, 2.05) is 0 Å². The van der Waals surface area contributed by atoms with E-state index in [9.17, 15) is 13.9 Å². The van der Waals surface area contributed by atoms with Crippen LogP contribution in [0.5, 0.6) is 0 Å². The van der Waals surface area contributed by atoms with E-state index >= 15 is 0 Å². The molecule has 9 nitrogen and oxygen atoms in total. The van der Waals surface area contributed by atoms with Crippen LogP contribution in [0, 0.1) is 0 Å². The Morgan fingerprint density at radius 1 is 0.938 bits per heavy atom. The van der Waals surface area contributed by atoms with Gasteiger partial charge >= 0.3 is 15.2 Å². The van der Waals surface area contributed by atoms with Crippen LogP contribution in [0.1, 0.15) is 44.5 Å². The summed E-state index contributed by atoms with van der Waals surface area (Å²) in [7, 11) is -8.50. The fraction of sp³-hybridized carbons (Fsp3) is 0.556. The summed E-state index contributed by atoms with van der Waals surface area (Å²) in [6.07, 6.45) is -0.434. The van der Waals surface area contributed by atoms with Crippen molar-refractivity contribution in [2.45, 2.75) is 39.1 Å². The summed E-state index contributed by atoms with van der Waals surface area (Å²) >= 11 is 18.2. The number of nitrogens with one attached hydrogen (secondary N) is 1. The van der Waals surface area contributed by atoms with Gasteiger partial charge in [-0.1, -0.05) is 34.8 Å². The van der Waals surface area contributed by atoms with Crippen LogP contribution < -0.4 is 5.43 Å². The maximum absolute atomic E-state index is 13.9. The van der Waals surface area contributed by atoms with Crippen molar-refractivity contribution < 1.29 is 32.0 Å². The first-order chi connectivity index (χ1) is 15.1. The highest BCUT2D eigenvalue weighted by atomic mass is 35.5. The zero-order valence-corrected chi connectivity index (χ0v) is 22.1. The lowest BCUT2D eigenvalue weighted by Gasteiger charge is -2.38. The van der Waals surface area contributed by atoms with E-state index in [4.69, 9.17) is 52.9 Å². The Morgan fingerprint density at radius 3 is 1.84 bits per heavy atom. The normalized spacial score (nSPS) is 16.0. The van der Waals surface area contributed by atoms with Gasteiger partial charge in [0.25, 0.3) is 5.02 Å². The first-order valence-electron chi connectivity index (χ1n) is 9.86. The van der Waals surface area contributed by atoms with E-state index in [2.05, 4.69) is 10.5 Å². The Bertz CT molecular complexity index is 940. The summed E-state index contributed by atoms with van der Waals surface area (Å²) in [5, 5.41) is 2.06. The predicted molar refractivity (Wildman–Crippen MR) is 125 cm³/mol. The highest BCUT2D eigenvalue weighted by Gasteiger charge is 2.68. The predicted octanol–water partition coefficient (Wildman–Crippen LogP) is 6.36. The van der Waals surface area contributed by atoms with Crippen LogP contribution in [-0.2, 0) is 27.2 Å². The van der Waals surface area contributed by atoms with Crippen molar-refractivity contribution in [3.63, 3.8) is 0 Å². The van der Waals surface area contributed by atoms with Crippen molar-refractivity contribution in [3.05, 3.63) is 32.8 Å². The monoisotopic (exact) mass is 548 g/mol. The van der Waals surface area contributed by atoms with Gasteiger partial charge in [0.1, 0.15) is 5.71 Å². The van der Waals surface area contributed by atoms with E-state index in [0.29, 0.717) is 0 Å². The molecule has 0 saturated heterocycles. The van der Waals surface area contributed by atoms with Crippen molar-refractivity contribution in [2.75, 3.05) is 26.4 Å². The molecule has 1 N–H and O–H groups in total. The zero-order chi connectivity index (χ0) is 24.2. The summed E-state index contributed by atoms with van der Waals surface area (Å²) in [4.78, 5) is 13.2. The molecule has 14 heteroatoms. The Hall–Kier alpha value is -0.470. The molecule has 0 unspecified atom stereocenters. The van der Waals surface area contributed by atoms with Crippen LogP contribution in [0.25, 0.3) is 0 Å². The molecular weight excluding hydrogens is 525 g/mol. The van der Waals surface area contributed by atoms with E-state index in [1.165, 1.54) is 12.1 Å². The fourth-order valence-electron chi connectivity index (χ4n) is 3.10. The third-order valence-corrected chi connectivity index (χ3v) is 11.9. The van der Waals surface area contributed by atoms with E-state index in [1.54, 1.807) is 27.7 Å². The molecule has 1 aromatic carbocycles. The minimum absolute atomic E-state index is 0.000566.